The van der Waals surface area contributed by atoms with Gasteiger partial charge in [-0.2, -0.15) is 5.26 Å². The maximum atomic E-state index is 13.1. The van der Waals surface area contributed by atoms with Crippen LogP contribution in [0.5, 0.6) is 0 Å². The molecule has 4 heteroatoms. The maximum Gasteiger partial charge on any atom is 0.123 e. The number of halogens is 1. The number of rotatable bonds is 4. The third kappa shape index (κ3) is 3.12. The zero-order valence-electron chi connectivity index (χ0n) is 9.73. The largest absolute Gasteiger partial charge is 0.307 e. The molecule has 0 spiro atoms. The van der Waals surface area contributed by atoms with Gasteiger partial charge in [-0.3, -0.25) is 4.98 Å². The molecule has 0 aliphatic carbocycles. The first-order valence-electron chi connectivity index (χ1n) is 5.59. The summed E-state index contributed by atoms with van der Waals surface area (Å²) in [7, 11) is 0. The van der Waals surface area contributed by atoms with E-state index in [0.29, 0.717) is 24.2 Å². The second-order valence-electron chi connectivity index (χ2n) is 3.84. The normalized spacial score (nSPS) is 10.0. The van der Waals surface area contributed by atoms with Crippen LogP contribution in [0.15, 0.2) is 42.6 Å². The van der Waals surface area contributed by atoms with Gasteiger partial charge in [0.1, 0.15) is 5.82 Å². The number of nitrogens with zero attached hydrogens (tertiary/aromatic N) is 2. The van der Waals surface area contributed by atoms with Crippen molar-refractivity contribution in [3.05, 3.63) is 65.2 Å². The Morgan fingerprint density at radius 2 is 2.11 bits per heavy atom. The minimum Gasteiger partial charge on any atom is -0.307 e. The Morgan fingerprint density at radius 3 is 2.83 bits per heavy atom. The summed E-state index contributed by atoms with van der Waals surface area (Å²) in [5.74, 6) is -0.330. The second kappa shape index (κ2) is 5.89. The summed E-state index contributed by atoms with van der Waals surface area (Å²) in [6.07, 6.45) is 1.72. The Kier molecular flexibility index (Phi) is 4.00. The number of hydrogen-bond donors (Lipinski definition) is 1. The molecule has 18 heavy (non-hydrogen) atoms. The van der Waals surface area contributed by atoms with E-state index in [1.807, 2.05) is 24.3 Å². The third-order valence-corrected chi connectivity index (χ3v) is 2.54. The van der Waals surface area contributed by atoms with Gasteiger partial charge in [0, 0.05) is 19.3 Å². The average Bonchev–Trinajstić information content (AvgIpc) is 2.40. The minimum atomic E-state index is -0.330. The van der Waals surface area contributed by atoms with Gasteiger partial charge in [-0.25, -0.2) is 4.39 Å². The van der Waals surface area contributed by atoms with E-state index in [1.54, 1.807) is 6.20 Å². The molecule has 1 N–H and O–H groups in total. The highest BCUT2D eigenvalue weighted by Crippen LogP contribution is 2.10. The summed E-state index contributed by atoms with van der Waals surface area (Å²) in [5, 5.41) is 12.1. The molecule has 0 saturated carbocycles. The van der Waals surface area contributed by atoms with Crippen LogP contribution in [0.1, 0.15) is 16.8 Å². The molecule has 3 nitrogen and oxygen atoms in total. The Labute approximate surface area is 105 Å². The number of hydrogen-bond acceptors (Lipinski definition) is 3. The molecule has 0 bridgehead atoms. The van der Waals surface area contributed by atoms with Gasteiger partial charge in [-0.05, 0) is 35.9 Å². The van der Waals surface area contributed by atoms with E-state index in [0.717, 1.165) is 5.69 Å². The van der Waals surface area contributed by atoms with E-state index >= 15 is 0 Å². The summed E-state index contributed by atoms with van der Waals surface area (Å²) in [5.41, 5.74) is 2.06. The molecule has 2 rings (SSSR count). The van der Waals surface area contributed by atoms with Crippen molar-refractivity contribution in [1.29, 1.82) is 5.26 Å². The van der Waals surface area contributed by atoms with Gasteiger partial charge in [0.25, 0.3) is 0 Å². The van der Waals surface area contributed by atoms with Gasteiger partial charge in [-0.1, -0.05) is 6.07 Å². The number of nitrogens with one attached hydrogen (secondary N) is 1. The lowest BCUT2D eigenvalue weighted by Gasteiger charge is -2.06. The minimum absolute atomic E-state index is 0.330. The number of nitriles is 1. The van der Waals surface area contributed by atoms with Crippen LogP contribution in [-0.4, -0.2) is 4.98 Å². The van der Waals surface area contributed by atoms with E-state index < -0.39 is 0 Å². The predicted molar refractivity (Wildman–Crippen MR) is 65.9 cm³/mol. The molecule has 0 radical (unpaired) electrons. The quantitative estimate of drug-likeness (QED) is 0.894. The number of pyridine rings is 1. The van der Waals surface area contributed by atoms with Gasteiger partial charge >= 0.3 is 0 Å². The molecule has 0 atom stereocenters. The van der Waals surface area contributed by atoms with Crippen molar-refractivity contribution in [3.8, 4) is 6.07 Å². The zero-order chi connectivity index (χ0) is 12.8. The molecule has 90 valence electrons. The van der Waals surface area contributed by atoms with Crippen LogP contribution in [0.3, 0.4) is 0 Å². The molecule has 1 aromatic carbocycles. The summed E-state index contributed by atoms with van der Waals surface area (Å²) < 4.78 is 13.1. The van der Waals surface area contributed by atoms with Crippen molar-refractivity contribution >= 4 is 0 Å². The van der Waals surface area contributed by atoms with Crippen molar-refractivity contribution in [2.75, 3.05) is 0 Å². The molecular weight excluding hydrogens is 229 g/mol. The lowest BCUT2D eigenvalue weighted by atomic mass is 10.1. The van der Waals surface area contributed by atoms with Crippen LogP contribution in [-0.2, 0) is 13.1 Å². The van der Waals surface area contributed by atoms with E-state index in [-0.39, 0.29) is 5.82 Å². The zero-order valence-corrected chi connectivity index (χ0v) is 9.73. The predicted octanol–water partition coefficient (Wildman–Crippen LogP) is 2.38. The molecule has 0 saturated heterocycles. The standard InChI is InChI=1S/C14H12FN3/c15-13-5-4-11(8-16)12(7-13)9-17-10-14-3-1-2-6-18-14/h1-7,17H,9-10H2. The number of aromatic nitrogens is 1. The van der Waals surface area contributed by atoms with Crippen molar-refractivity contribution < 1.29 is 4.39 Å². The average molecular weight is 241 g/mol. The van der Waals surface area contributed by atoms with Gasteiger partial charge in [-0.15, -0.1) is 0 Å². The lowest BCUT2D eigenvalue weighted by molar-refractivity contribution is 0.618. The monoisotopic (exact) mass is 241 g/mol. The fraction of sp³-hybridized carbons (Fsp3) is 0.143. The van der Waals surface area contributed by atoms with E-state index in [9.17, 15) is 4.39 Å². The first-order chi connectivity index (χ1) is 8.79. The van der Waals surface area contributed by atoms with Crippen molar-refractivity contribution in [2.24, 2.45) is 0 Å². The fourth-order valence-corrected chi connectivity index (χ4v) is 1.65. The Morgan fingerprint density at radius 1 is 1.22 bits per heavy atom. The van der Waals surface area contributed by atoms with E-state index in [4.69, 9.17) is 5.26 Å². The van der Waals surface area contributed by atoms with Gasteiger partial charge in [0.15, 0.2) is 0 Å². The molecule has 0 fully saturated rings. The van der Waals surface area contributed by atoms with Crippen LogP contribution < -0.4 is 5.32 Å². The highest BCUT2D eigenvalue weighted by atomic mass is 19.1. The smallest absolute Gasteiger partial charge is 0.123 e. The Balaban J connectivity index is 1.98. The van der Waals surface area contributed by atoms with E-state index in [2.05, 4.69) is 10.3 Å². The van der Waals surface area contributed by atoms with Crippen LogP contribution in [0.25, 0.3) is 0 Å². The lowest BCUT2D eigenvalue weighted by Crippen LogP contribution is -2.14. The van der Waals surface area contributed by atoms with Crippen LogP contribution in [0, 0.1) is 17.1 Å². The molecule has 2 aromatic rings. The van der Waals surface area contributed by atoms with Crippen LogP contribution in [0.2, 0.25) is 0 Å². The maximum absolute atomic E-state index is 13.1. The SMILES string of the molecule is N#Cc1ccc(F)cc1CNCc1ccccn1. The molecule has 0 aliphatic heterocycles. The summed E-state index contributed by atoms with van der Waals surface area (Å²) in [6.45, 7) is 1.03. The van der Waals surface area contributed by atoms with Crippen molar-refractivity contribution in [3.63, 3.8) is 0 Å². The van der Waals surface area contributed by atoms with Crippen molar-refractivity contribution in [2.45, 2.75) is 13.1 Å². The van der Waals surface area contributed by atoms with Gasteiger partial charge in [0.05, 0.1) is 17.3 Å². The Hall–Kier alpha value is -2.25. The van der Waals surface area contributed by atoms with Crippen LogP contribution in [0.4, 0.5) is 4.39 Å². The Bertz CT molecular complexity index is 561. The molecule has 1 aromatic heterocycles. The summed E-state index contributed by atoms with van der Waals surface area (Å²) >= 11 is 0. The molecule has 0 aliphatic rings. The fourth-order valence-electron chi connectivity index (χ4n) is 1.65. The molecule has 0 amide bonds. The number of benzene rings is 1. The van der Waals surface area contributed by atoms with Gasteiger partial charge in [0.2, 0.25) is 0 Å². The van der Waals surface area contributed by atoms with Crippen molar-refractivity contribution in [1.82, 2.24) is 10.3 Å². The second-order valence-corrected chi connectivity index (χ2v) is 3.84. The summed E-state index contributed by atoms with van der Waals surface area (Å²) in [4.78, 5) is 4.17. The summed E-state index contributed by atoms with van der Waals surface area (Å²) in [6, 6.07) is 11.9. The van der Waals surface area contributed by atoms with Crippen LogP contribution >= 0.6 is 0 Å². The molecule has 0 unspecified atom stereocenters. The third-order valence-electron chi connectivity index (χ3n) is 2.54. The molecular formula is C14H12FN3. The highest BCUT2D eigenvalue weighted by molar-refractivity contribution is 5.37. The topological polar surface area (TPSA) is 48.7 Å². The first kappa shape index (κ1) is 12.2. The highest BCUT2D eigenvalue weighted by Gasteiger charge is 2.03. The molecule has 1 heterocycles. The van der Waals surface area contributed by atoms with E-state index in [1.165, 1.54) is 18.2 Å². The first-order valence-corrected chi connectivity index (χ1v) is 5.59. The van der Waals surface area contributed by atoms with Gasteiger partial charge < -0.3 is 5.32 Å².